The van der Waals surface area contributed by atoms with Crippen LogP contribution >= 0.6 is 0 Å². The van der Waals surface area contributed by atoms with Crippen molar-refractivity contribution in [2.45, 2.75) is 38.2 Å². The highest BCUT2D eigenvalue weighted by atomic mass is 16.5. The summed E-state index contributed by atoms with van der Waals surface area (Å²) >= 11 is 0. The van der Waals surface area contributed by atoms with E-state index in [0.29, 0.717) is 0 Å². The lowest BCUT2D eigenvalue weighted by molar-refractivity contribution is -0.0385. The van der Waals surface area contributed by atoms with Gasteiger partial charge in [-0.25, -0.2) is 4.68 Å². The molecule has 1 aromatic rings. The van der Waals surface area contributed by atoms with Crippen molar-refractivity contribution in [1.82, 2.24) is 15.1 Å². The summed E-state index contributed by atoms with van der Waals surface area (Å²) in [7, 11) is 0. The summed E-state index contributed by atoms with van der Waals surface area (Å²) in [5, 5.41) is 7.90. The fraction of sp³-hybridized carbons (Fsp3) is 0.600. The topological polar surface area (TPSA) is 80.7 Å². The molecule has 0 bridgehead atoms. The van der Waals surface area contributed by atoms with E-state index in [4.69, 9.17) is 10.5 Å². The van der Waals surface area contributed by atoms with Gasteiger partial charge in [0.25, 0.3) is 0 Å². The van der Waals surface area contributed by atoms with Crippen molar-refractivity contribution in [3.63, 3.8) is 0 Å². The summed E-state index contributed by atoms with van der Waals surface area (Å²) in [5.74, 6) is 0.965. The maximum Gasteiger partial charge on any atom is 0.178 e. The van der Waals surface area contributed by atoms with Crippen LogP contribution in [0.5, 0.6) is 0 Å². The summed E-state index contributed by atoms with van der Waals surface area (Å²) < 4.78 is 7.85. The van der Waals surface area contributed by atoms with Gasteiger partial charge >= 0.3 is 0 Å². The van der Waals surface area contributed by atoms with Crippen LogP contribution in [0.2, 0.25) is 0 Å². The van der Waals surface area contributed by atoms with Gasteiger partial charge in [0.2, 0.25) is 0 Å². The smallest absolute Gasteiger partial charge is 0.178 e. The quantitative estimate of drug-likeness (QED) is 0.850. The number of ether oxygens (including phenoxy) is 1. The average Bonchev–Trinajstić information content (AvgIpc) is 3.05. The minimum atomic E-state index is -0.405. The first kappa shape index (κ1) is 13.9. The maximum atomic E-state index is 6.26. The van der Waals surface area contributed by atoms with Crippen molar-refractivity contribution in [1.29, 1.82) is 0 Å². The van der Waals surface area contributed by atoms with Crippen LogP contribution in [0.4, 0.5) is 5.82 Å². The molecular formula is C15H22N6O. The van der Waals surface area contributed by atoms with Crippen molar-refractivity contribution >= 4 is 12.0 Å². The molecule has 2 atom stereocenters. The molecule has 22 heavy (non-hydrogen) atoms. The van der Waals surface area contributed by atoms with Crippen LogP contribution in [0.3, 0.4) is 0 Å². The minimum Gasteiger partial charge on any atom is -0.356 e. The highest BCUT2D eigenvalue weighted by Crippen LogP contribution is 2.32. The zero-order valence-electron chi connectivity index (χ0n) is 12.6. The van der Waals surface area contributed by atoms with Crippen LogP contribution in [0.15, 0.2) is 28.5 Å². The molecule has 0 saturated carbocycles. The molecule has 0 radical (unpaired) electrons. The van der Waals surface area contributed by atoms with E-state index in [2.05, 4.69) is 20.3 Å². The number of nitrogens with zero attached hydrogens (tertiary/aromatic N) is 4. The van der Waals surface area contributed by atoms with Crippen molar-refractivity contribution < 1.29 is 4.74 Å². The van der Waals surface area contributed by atoms with Crippen molar-refractivity contribution in [3.05, 3.63) is 23.5 Å². The second-order valence-electron chi connectivity index (χ2n) is 5.92. The molecular weight excluding hydrogens is 280 g/mol. The summed E-state index contributed by atoms with van der Waals surface area (Å²) in [6.45, 7) is 2.59. The molecule has 4 rings (SSSR count). The van der Waals surface area contributed by atoms with Crippen LogP contribution < -0.4 is 16.0 Å². The van der Waals surface area contributed by atoms with Crippen molar-refractivity contribution in [2.75, 3.05) is 24.6 Å². The summed E-state index contributed by atoms with van der Waals surface area (Å²) in [6.07, 6.45) is 7.60. The standard InChI is InChI=1S/C15H22N6O/c16-15-18-9-11-4-6-17-10-12(11)20(15)13-5-7-19-21(13)14-3-1-2-8-22-14/h5,7,9,14-15,17H,1-4,6,8,10,16H2. The first-order valence-electron chi connectivity index (χ1n) is 8.00. The average molecular weight is 302 g/mol. The van der Waals surface area contributed by atoms with E-state index in [1.54, 1.807) is 0 Å². The predicted octanol–water partition coefficient (Wildman–Crippen LogP) is 0.963. The Labute approximate surface area is 129 Å². The van der Waals surface area contributed by atoms with Gasteiger partial charge in [-0.3, -0.25) is 15.6 Å². The maximum absolute atomic E-state index is 6.26. The minimum absolute atomic E-state index is 0.00236. The highest BCUT2D eigenvalue weighted by Gasteiger charge is 2.30. The molecule has 0 amide bonds. The molecule has 3 N–H and O–H groups in total. The number of anilines is 1. The van der Waals surface area contributed by atoms with E-state index < -0.39 is 6.29 Å². The number of hydrogen-bond acceptors (Lipinski definition) is 6. The van der Waals surface area contributed by atoms with Crippen LogP contribution in [0, 0.1) is 0 Å². The van der Waals surface area contributed by atoms with Crippen molar-refractivity contribution in [3.8, 4) is 0 Å². The summed E-state index contributed by atoms with van der Waals surface area (Å²) in [4.78, 5) is 6.54. The van der Waals surface area contributed by atoms with Crippen LogP contribution in [0.1, 0.15) is 31.9 Å². The normalized spacial score (nSPS) is 28.9. The zero-order valence-corrected chi connectivity index (χ0v) is 12.6. The number of nitrogens with one attached hydrogen (secondary N) is 1. The fourth-order valence-corrected chi connectivity index (χ4v) is 3.37. The van der Waals surface area contributed by atoms with Gasteiger partial charge in [-0.15, -0.1) is 0 Å². The SMILES string of the molecule is NC1N=CC2=C(CNCC2)N1c1ccnn1C1CCCCO1. The van der Waals surface area contributed by atoms with Gasteiger partial charge in [-0.05, 0) is 37.8 Å². The Kier molecular flexibility index (Phi) is 3.69. The molecule has 0 aliphatic carbocycles. The molecule has 0 spiro atoms. The lowest BCUT2D eigenvalue weighted by Crippen LogP contribution is -2.48. The van der Waals surface area contributed by atoms with Gasteiger partial charge in [0.05, 0.1) is 6.20 Å². The molecule has 0 aromatic carbocycles. The number of rotatable bonds is 2. The Morgan fingerprint density at radius 2 is 2.32 bits per heavy atom. The van der Waals surface area contributed by atoms with E-state index in [9.17, 15) is 0 Å². The van der Waals surface area contributed by atoms with Gasteiger partial charge in [0.1, 0.15) is 5.82 Å². The molecule has 7 nitrogen and oxygen atoms in total. The number of aromatic nitrogens is 2. The third-order valence-corrected chi connectivity index (χ3v) is 4.50. The van der Waals surface area contributed by atoms with Crippen molar-refractivity contribution in [2.24, 2.45) is 10.7 Å². The van der Waals surface area contributed by atoms with E-state index in [1.807, 2.05) is 23.2 Å². The molecule has 118 valence electrons. The summed E-state index contributed by atoms with van der Waals surface area (Å²) in [6, 6.07) is 2.00. The monoisotopic (exact) mass is 302 g/mol. The van der Waals surface area contributed by atoms with Gasteiger partial charge < -0.3 is 10.1 Å². The Bertz CT molecular complexity index is 601. The van der Waals surface area contributed by atoms with E-state index in [0.717, 1.165) is 44.8 Å². The number of nitrogens with two attached hydrogens (primary N) is 1. The van der Waals surface area contributed by atoms with E-state index >= 15 is 0 Å². The van der Waals surface area contributed by atoms with Gasteiger partial charge in [0, 0.05) is 31.1 Å². The Hall–Kier alpha value is -1.70. The Morgan fingerprint density at radius 1 is 1.36 bits per heavy atom. The van der Waals surface area contributed by atoms with E-state index in [-0.39, 0.29) is 6.23 Å². The molecule has 7 heteroatoms. The molecule has 1 saturated heterocycles. The molecule has 3 aliphatic heterocycles. The second kappa shape index (κ2) is 5.83. The van der Waals surface area contributed by atoms with Crippen LogP contribution in [-0.4, -0.2) is 42.0 Å². The van der Waals surface area contributed by atoms with Crippen LogP contribution in [0.25, 0.3) is 0 Å². The molecule has 3 aliphatic rings. The van der Waals surface area contributed by atoms with Crippen LogP contribution in [-0.2, 0) is 4.74 Å². The fourth-order valence-electron chi connectivity index (χ4n) is 3.37. The Morgan fingerprint density at radius 3 is 3.18 bits per heavy atom. The lowest BCUT2D eigenvalue weighted by Gasteiger charge is -2.38. The second-order valence-corrected chi connectivity index (χ2v) is 5.92. The largest absolute Gasteiger partial charge is 0.356 e. The van der Waals surface area contributed by atoms with Gasteiger partial charge in [-0.2, -0.15) is 5.10 Å². The lowest BCUT2D eigenvalue weighted by atomic mass is 10.1. The predicted molar refractivity (Wildman–Crippen MR) is 84.5 cm³/mol. The first-order chi connectivity index (χ1) is 10.8. The zero-order chi connectivity index (χ0) is 14.9. The highest BCUT2D eigenvalue weighted by molar-refractivity contribution is 5.83. The molecule has 1 fully saturated rings. The van der Waals surface area contributed by atoms with E-state index in [1.165, 1.54) is 17.7 Å². The molecule has 1 aromatic heterocycles. The number of hydrogen-bond donors (Lipinski definition) is 2. The third-order valence-electron chi connectivity index (χ3n) is 4.50. The molecule has 2 unspecified atom stereocenters. The van der Waals surface area contributed by atoms with Gasteiger partial charge in [-0.1, -0.05) is 0 Å². The van der Waals surface area contributed by atoms with Gasteiger partial charge in [0.15, 0.2) is 12.5 Å². The summed E-state index contributed by atoms with van der Waals surface area (Å²) in [5.41, 5.74) is 8.72. The Balaban J connectivity index is 1.70. The molecule has 4 heterocycles. The first-order valence-corrected chi connectivity index (χ1v) is 8.00. The third kappa shape index (κ3) is 2.35. The number of aliphatic imine (C=N–C) groups is 1.